The molecule has 2 aromatic rings. The van der Waals surface area contributed by atoms with Gasteiger partial charge in [0.05, 0.1) is 11.3 Å². The van der Waals surface area contributed by atoms with E-state index >= 15 is 0 Å². The number of imide groups is 1. The van der Waals surface area contributed by atoms with Crippen LogP contribution in [-0.4, -0.2) is 54.2 Å². The van der Waals surface area contributed by atoms with E-state index < -0.39 is 6.04 Å². The predicted octanol–water partition coefficient (Wildman–Crippen LogP) is 1.94. The van der Waals surface area contributed by atoms with E-state index in [1.807, 2.05) is 18.2 Å². The molecular weight excluding hydrogens is 372 g/mol. The van der Waals surface area contributed by atoms with Gasteiger partial charge in [-0.15, -0.1) is 0 Å². The number of amides is 3. The quantitative estimate of drug-likeness (QED) is 0.745. The maximum Gasteiger partial charge on any atom is 0.332 e. The normalized spacial score (nSPS) is 20.7. The number of rotatable bonds is 3. The highest BCUT2D eigenvalue weighted by Gasteiger charge is 2.48. The molecule has 1 unspecified atom stereocenters. The van der Waals surface area contributed by atoms with Crippen molar-refractivity contribution >= 4 is 17.6 Å². The van der Waals surface area contributed by atoms with Gasteiger partial charge in [-0.3, -0.25) is 9.69 Å². The van der Waals surface area contributed by atoms with Crippen LogP contribution < -0.4 is 14.4 Å². The average Bonchev–Trinajstić information content (AvgIpc) is 3.30. The third kappa shape index (κ3) is 2.87. The predicted molar refractivity (Wildman–Crippen MR) is 102 cm³/mol. The van der Waals surface area contributed by atoms with Crippen molar-refractivity contribution in [1.29, 1.82) is 5.26 Å². The van der Waals surface area contributed by atoms with E-state index in [1.165, 1.54) is 0 Å². The Balaban J connectivity index is 1.35. The molecule has 29 heavy (non-hydrogen) atoms. The molecule has 3 aliphatic rings. The fraction of sp³-hybridized carbons (Fsp3) is 0.286. The van der Waals surface area contributed by atoms with Gasteiger partial charge in [0, 0.05) is 26.2 Å². The van der Waals surface area contributed by atoms with Crippen molar-refractivity contribution in [3.63, 3.8) is 0 Å². The van der Waals surface area contributed by atoms with Crippen molar-refractivity contribution in [3.8, 4) is 17.6 Å². The highest BCUT2D eigenvalue weighted by Crippen LogP contribution is 2.34. The first-order valence-electron chi connectivity index (χ1n) is 9.40. The van der Waals surface area contributed by atoms with Gasteiger partial charge in [-0.1, -0.05) is 18.2 Å². The number of urea groups is 1. The lowest BCUT2D eigenvalue weighted by molar-refractivity contribution is -0.121. The number of fused-ring (bicyclic) bond motifs is 2. The molecule has 8 nitrogen and oxygen atoms in total. The lowest BCUT2D eigenvalue weighted by Crippen LogP contribution is -2.52. The number of hydrogen-bond acceptors (Lipinski definition) is 6. The largest absolute Gasteiger partial charge is 0.454 e. The van der Waals surface area contributed by atoms with E-state index in [4.69, 9.17) is 9.47 Å². The molecule has 8 heteroatoms. The minimum absolute atomic E-state index is 0.232. The number of para-hydroxylation sites is 1. The summed E-state index contributed by atoms with van der Waals surface area (Å²) in [5, 5.41) is 9.34. The van der Waals surface area contributed by atoms with Crippen molar-refractivity contribution in [2.75, 3.05) is 31.3 Å². The summed E-state index contributed by atoms with van der Waals surface area (Å²) in [4.78, 5) is 30.9. The second-order valence-corrected chi connectivity index (χ2v) is 7.22. The molecule has 0 radical (unpaired) electrons. The molecule has 2 saturated heterocycles. The van der Waals surface area contributed by atoms with Gasteiger partial charge in [0.15, 0.2) is 11.5 Å². The van der Waals surface area contributed by atoms with Crippen LogP contribution in [0.25, 0.3) is 0 Å². The number of piperazine rings is 1. The fourth-order valence-electron chi connectivity index (χ4n) is 4.08. The summed E-state index contributed by atoms with van der Waals surface area (Å²) in [5.74, 6) is 1.18. The van der Waals surface area contributed by atoms with Crippen molar-refractivity contribution in [3.05, 3.63) is 53.6 Å². The molecule has 3 aliphatic heterocycles. The molecule has 146 valence electrons. The molecule has 0 bridgehead atoms. The molecule has 3 amide bonds. The molecule has 0 spiro atoms. The topological polar surface area (TPSA) is 86.1 Å². The molecule has 0 aromatic heterocycles. The smallest absolute Gasteiger partial charge is 0.332 e. The van der Waals surface area contributed by atoms with E-state index in [2.05, 4.69) is 11.0 Å². The van der Waals surface area contributed by atoms with Gasteiger partial charge in [-0.05, 0) is 29.8 Å². The SMILES string of the molecule is N#Cc1ccccc1N1C(=O)C2CN(Cc3ccc4c(c3)OCO4)CCN2C1=O. The Labute approximate surface area is 167 Å². The first kappa shape index (κ1) is 17.5. The Bertz CT molecular complexity index is 1050. The third-order valence-electron chi connectivity index (χ3n) is 5.52. The van der Waals surface area contributed by atoms with Crippen LogP contribution in [0.15, 0.2) is 42.5 Å². The van der Waals surface area contributed by atoms with Crippen molar-refractivity contribution in [2.45, 2.75) is 12.6 Å². The van der Waals surface area contributed by atoms with E-state index in [0.717, 1.165) is 22.0 Å². The molecule has 5 rings (SSSR count). The van der Waals surface area contributed by atoms with Crippen LogP contribution in [0.2, 0.25) is 0 Å². The summed E-state index contributed by atoms with van der Waals surface area (Å²) in [6.07, 6.45) is 0. The van der Waals surface area contributed by atoms with Gasteiger partial charge < -0.3 is 14.4 Å². The van der Waals surface area contributed by atoms with Crippen LogP contribution in [-0.2, 0) is 11.3 Å². The first-order chi connectivity index (χ1) is 14.2. The van der Waals surface area contributed by atoms with Gasteiger partial charge in [0.1, 0.15) is 12.1 Å². The van der Waals surface area contributed by atoms with Gasteiger partial charge in [-0.2, -0.15) is 5.26 Å². The van der Waals surface area contributed by atoms with Crippen molar-refractivity contribution in [1.82, 2.24) is 9.80 Å². The third-order valence-corrected chi connectivity index (χ3v) is 5.52. The second kappa shape index (κ2) is 6.79. The monoisotopic (exact) mass is 390 g/mol. The van der Waals surface area contributed by atoms with Crippen LogP contribution >= 0.6 is 0 Å². The molecule has 3 heterocycles. The summed E-state index contributed by atoms with van der Waals surface area (Å²) >= 11 is 0. The van der Waals surface area contributed by atoms with Crippen LogP contribution in [0.5, 0.6) is 11.5 Å². The number of benzene rings is 2. The Morgan fingerprint density at radius 2 is 1.90 bits per heavy atom. The molecule has 1 atom stereocenters. The minimum Gasteiger partial charge on any atom is -0.454 e. The van der Waals surface area contributed by atoms with Gasteiger partial charge in [-0.25, -0.2) is 9.69 Å². The zero-order chi connectivity index (χ0) is 20.0. The molecule has 2 aromatic carbocycles. The van der Waals surface area contributed by atoms with Crippen molar-refractivity contribution < 1.29 is 19.1 Å². The minimum atomic E-state index is -0.544. The Hall–Kier alpha value is -3.57. The Morgan fingerprint density at radius 3 is 2.76 bits per heavy atom. The standard InChI is InChI=1S/C21H18N4O4/c22-10-15-3-1-2-4-16(15)25-20(26)17-12-23(7-8-24(17)21(25)27)11-14-5-6-18-19(9-14)29-13-28-18/h1-6,9,17H,7-8,11-13H2. The fourth-order valence-corrected chi connectivity index (χ4v) is 4.08. The lowest BCUT2D eigenvalue weighted by atomic mass is 10.1. The van der Waals surface area contributed by atoms with E-state index in [1.54, 1.807) is 29.2 Å². The molecule has 0 saturated carbocycles. The molecular formula is C21H18N4O4. The number of nitrogens with zero attached hydrogens (tertiary/aromatic N) is 4. The van der Waals surface area contributed by atoms with Crippen LogP contribution in [0, 0.1) is 11.3 Å². The maximum absolute atomic E-state index is 13.1. The number of ether oxygens (including phenoxy) is 2. The number of carbonyl (C=O) groups is 2. The number of nitriles is 1. The zero-order valence-electron chi connectivity index (χ0n) is 15.6. The van der Waals surface area contributed by atoms with E-state index in [9.17, 15) is 14.9 Å². The summed E-state index contributed by atoms with van der Waals surface area (Å²) in [7, 11) is 0. The first-order valence-corrected chi connectivity index (χ1v) is 9.40. The zero-order valence-corrected chi connectivity index (χ0v) is 15.6. The average molecular weight is 390 g/mol. The number of carbonyl (C=O) groups excluding carboxylic acids is 2. The second-order valence-electron chi connectivity index (χ2n) is 7.22. The van der Waals surface area contributed by atoms with Gasteiger partial charge in [0.2, 0.25) is 6.79 Å². The molecule has 0 N–H and O–H groups in total. The van der Waals surface area contributed by atoms with E-state index in [0.29, 0.717) is 37.4 Å². The van der Waals surface area contributed by atoms with Crippen LogP contribution in [0.1, 0.15) is 11.1 Å². The summed E-state index contributed by atoms with van der Waals surface area (Å²) in [6.45, 7) is 2.46. The Morgan fingerprint density at radius 1 is 1.07 bits per heavy atom. The van der Waals surface area contributed by atoms with Gasteiger partial charge >= 0.3 is 6.03 Å². The van der Waals surface area contributed by atoms with Crippen LogP contribution in [0.4, 0.5) is 10.5 Å². The van der Waals surface area contributed by atoms with Gasteiger partial charge in [0.25, 0.3) is 5.91 Å². The number of hydrogen-bond donors (Lipinski definition) is 0. The highest BCUT2D eigenvalue weighted by atomic mass is 16.7. The van der Waals surface area contributed by atoms with Crippen LogP contribution in [0.3, 0.4) is 0 Å². The van der Waals surface area contributed by atoms with Crippen molar-refractivity contribution in [2.24, 2.45) is 0 Å². The maximum atomic E-state index is 13.1. The van der Waals surface area contributed by atoms with E-state index in [-0.39, 0.29) is 18.7 Å². The summed E-state index contributed by atoms with van der Waals surface area (Å²) in [5.41, 5.74) is 1.72. The number of anilines is 1. The lowest BCUT2D eigenvalue weighted by Gasteiger charge is -2.35. The summed E-state index contributed by atoms with van der Waals surface area (Å²) < 4.78 is 10.8. The Kier molecular flexibility index (Phi) is 4.11. The summed E-state index contributed by atoms with van der Waals surface area (Å²) in [6, 6.07) is 13.7. The molecule has 2 fully saturated rings. The highest BCUT2D eigenvalue weighted by molar-refractivity contribution is 6.22. The molecule has 0 aliphatic carbocycles.